The van der Waals surface area contributed by atoms with Crippen molar-refractivity contribution in [3.8, 4) is 11.4 Å². The molecule has 168 valence electrons. The van der Waals surface area contributed by atoms with Gasteiger partial charge in [0.15, 0.2) is 0 Å². The van der Waals surface area contributed by atoms with Crippen LogP contribution in [0.25, 0.3) is 5.69 Å². The van der Waals surface area contributed by atoms with Crippen molar-refractivity contribution in [1.29, 1.82) is 0 Å². The molecule has 1 aromatic heterocycles. The lowest BCUT2D eigenvalue weighted by Gasteiger charge is -2.31. The molecule has 4 rings (SSSR count). The third kappa shape index (κ3) is 5.68. The number of rotatable bonds is 9. The second kappa shape index (κ2) is 10.8. The van der Waals surface area contributed by atoms with E-state index >= 15 is 0 Å². The molecule has 1 N–H and O–H groups in total. The summed E-state index contributed by atoms with van der Waals surface area (Å²) in [4.78, 5) is 15.1. The lowest BCUT2D eigenvalue weighted by atomic mass is 10.1. The predicted molar refractivity (Wildman–Crippen MR) is 119 cm³/mol. The van der Waals surface area contributed by atoms with Crippen molar-refractivity contribution < 1.29 is 14.3 Å². The van der Waals surface area contributed by atoms with Gasteiger partial charge in [0.1, 0.15) is 18.7 Å². The SMILES string of the molecule is CN(CCOc1cccc(CNC(=O)c2ccccc2-n2cnnn2)c1)C1CCOCC1. The lowest BCUT2D eigenvalue weighted by Crippen LogP contribution is -2.38. The molecule has 1 saturated heterocycles. The fraction of sp³-hybridized carbons (Fsp3) is 0.391. The largest absolute Gasteiger partial charge is 0.492 e. The Balaban J connectivity index is 1.29. The molecule has 9 nitrogen and oxygen atoms in total. The smallest absolute Gasteiger partial charge is 0.253 e. The second-order valence-electron chi connectivity index (χ2n) is 7.77. The van der Waals surface area contributed by atoms with Crippen molar-refractivity contribution in [2.75, 3.05) is 33.4 Å². The quantitative estimate of drug-likeness (QED) is 0.549. The zero-order valence-corrected chi connectivity index (χ0v) is 18.2. The van der Waals surface area contributed by atoms with Gasteiger partial charge >= 0.3 is 0 Å². The molecule has 2 heterocycles. The Bertz CT molecular complexity index is 1000. The summed E-state index contributed by atoms with van der Waals surface area (Å²) in [5.74, 6) is 0.603. The molecule has 3 aromatic rings. The van der Waals surface area contributed by atoms with E-state index in [9.17, 15) is 4.79 Å². The van der Waals surface area contributed by atoms with Crippen molar-refractivity contribution in [2.45, 2.75) is 25.4 Å². The van der Waals surface area contributed by atoms with E-state index < -0.39 is 0 Å². The first kappa shape index (κ1) is 21.9. The number of carbonyl (C=O) groups excluding carboxylic acids is 1. The number of tetrazole rings is 1. The molecule has 2 aromatic carbocycles. The molecular formula is C23H28N6O3. The van der Waals surface area contributed by atoms with Gasteiger partial charge in [-0.15, -0.1) is 5.10 Å². The Kier molecular flexibility index (Phi) is 7.42. The summed E-state index contributed by atoms with van der Waals surface area (Å²) in [5.41, 5.74) is 2.10. The first-order chi connectivity index (χ1) is 15.7. The van der Waals surface area contributed by atoms with Crippen molar-refractivity contribution in [1.82, 2.24) is 30.4 Å². The van der Waals surface area contributed by atoms with E-state index in [4.69, 9.17) is 9.47 Å². The van der Waals surface area contributed by atoms with Crippen molar-refractivity contribution in [2.24, 2.45) is 0 Å². The Morgan fingerprint density at radius 1 is 1.22 bits per heavy atom. The van der Waals surface area contributed by atoms with E-state index in [2.05, 4.69) is 32.8 Å². The van der Waals surface area contributed by atoms with Gasteiger partial charge in [-0.1, -0.05) is 24.3 Å². The van der Waals surface area contributed by atoms with Gasteiger partial charge in [0.2, 0.25) is 0 Å². The highest BCUT2D eigenvalue weighted by atomic mass is 16.5. The number of hydrogen-bond donors (Lipinski definition) is 1. The highest BCUT2D eigenvalue weighted by molar-refractivity contribution is 5.97. The average molecular weight is 437 g/mol. The molecule has 32 heavy (non-hydrogen) atoms. The van der Waals surface area contributed by atoms with Crippen LogP contribution in [-0.2, 0) is 11.3 Å². The van der Waals surface area contributed by atoms with Gasteiger partial charge in [0.05, 0.1) is 11.3 Å². The molecular weight excluding hydrogens is 408 g/mol. The molecule has 0 bridgehead atoms. The summed E-state index contributed by atoms with van der Waals surface area (Å²) < 4.78 is 12.9. The van der Waals surface area contributed by atoms with Gasteiger partial charge in [-0.05, 0) is 60.1 Å². The molecule has 1 aliphatic heterocycles. The van der Waals surface area contributed by atoms with Crippen LogP contribution >= 0.6 is 0 Å². The second-order valence-corrected chi connectivity index (χ2v) is 7.77. The highest BCUT2D eigenvalue weighted by Crippen LogP contribution is 2.16. The summed E-state index contributed by atoms with van der Waals surface area (Å²) in [6, 6.07) is 15.6. The van der Waals surface area contributed by atoms with Crippen LogP contribution in [0.2, 0.25) is 0 Å². The van der Waals surface area contributed by atoms with Crippen LogP contribution in [0.5, 0.6) is 5.75 Å². The molecule has 1 amide bonds. The Morgan fingerprint density at radius 3 is 2.88 bits per heavy atom. The van der Waals surface area contributed by atoms with Crippen LogP contribution < -0.4 is 10.1 Å². The first-order valence-corrected chi connectivity index (χ1v) is 10.8. The molecule has 0 atom stereocenters. The fourth-order valence-corrected chi connectivity index (χ4v) is 3.78. The molecule has 0 unspecified atom stereocenters. The van der Waals surface area contributed by atoms with Crippen LogP contribution in [-0.4, -0.2) is 70.5 Å². The first-order valence-electron chi connectivity index (χ1n) is 10.8. The van der Waals surface area contributed by atoms with Gasteiger partial charge in [0.25, 0.3) is 5.91 Å². The maximum absolute atomic E-state index is 12.8. The van der Waals surface area contributed by atoms with E-state index in [1.54, 1.807) is 12.1 Å². The third-order valence-corrected chi connectivity index (χ3v) is 5.62. The van der Waals surface area contributed by atoms with Gasteiger partial charge in [-0.2, -0.15) is 4.68 Å². The van der Waals surface area contributed by atoms with Gasteiger partial charge in [-0.3, -0.25) is 9.69 Å². The summed E-state index contributed by atoms with van der Waals surface area (Å²) in [6.45, 7) is 3.54. The van der Waals surface area contributed by atoms with Crippen LogP contribution in [0.4, 0.5) is 0 Å². The maximum Gasteiger partial charge on any atom is 0.253 e. The number of nitrogens with one attached hydrogen (secondary N) is 1. The number of nitrogens with zero attached hydrogens (tertiary/aromatic N) is 5. The van der Waals surface area contributed by atoms with E-state index in [-0.39, 0.29) is 5.91 Å². The summed E-state index contributed by atoms with van der Waals surface area (Å²) in [5, 5.41) is 14.1. The van der Waals surface area contributed by atoms with E-state index in [0.29, 0.717) is 30.4 Å². The Hall–Kier alpha value is -3.30. The number of aromatic nitrogens is 4. The monoisotopic (exact) mass is 436 g/mol. The number of ether oxygens (including phenoxy) is 2. The summed E-state index contributed by atoms with van der Waals surface area (Å²) in [6.07, 6.45) is 3.61. The van der Waals surface area contributed by atoms with Crippen LogP contribution in [0.3, 0.4) is 0 Å². The molecule has 0 spiro atoms. The molecule has 0 saturated carbocycles. The predicted octanol–water partition coefficient (Wildman–Crippen LogP) is 2.08. The van der Waals surface area contributed by atoms with Crippen molar-refractivity contribution in [3.63, 3.8) is 0 Å². The standard InChI is InChI=1S/C23H28N6O3/c1-28(19-9-12-31-13-10-19)11-14-32-20-6-4-5-18(15-20)16-24-23(30)21-7-2-3-8-22(21)29-17-25-26-27-29/h2-8,15,17,19H,9-14,16H2,1H3,(H,24,30). The molecule has 0 radical (unpaired) electrons. The molecule has 1 aliphatic rings. The normalized spacial score (nSPS) is 14.4. The number of likely N-dealkylation sites (N-methyl/N-ethyl adjacent to an activating group) is 1. The summed E-state index contributed by atoms with van der Waals surface area (Å²) >= 11 is 0. The minimum atomic E-state index is -0.194. The zero-order valence-electron chi connectivity index (χ0n) is 18.2. The number of carbonyl (C=O) groups is 1. The lowest BCUT2D eigenvalue weighted by molar-refractivity contribution is 0.0392. The van der Waals surface area contributed by atoms with Gasteiger partial charge < -0.3 is 14.8 Å². The topological polar surface area (TPSA) is 94.4 Å². The average Bonchev–Trinajstić information content (AvgIpc) is 3.38. The Labute approximate surface area is 187 Å². The Morgan fingerprint density at radius 2 is 2.06 bits per heavy atom. The minimum Gasteiger partial charge on any atom is -0.492 e. The highest BCUT2D eigenvalue weighted by Gasteiger charge is 2.18. The molecule has 0 aliphatic carbocycles. The third-order valence-electron chi connectivity index (χ3n) is 5.62. The van der Waals surface area contributed by atoms with Crippen LogP contribution in [0.1, 0.15) is 28.8 Å². The van der Waals surface area contributed by atoms with E-state index in [0.717, 1.165) is 43.9 Å². The minimum absolute atomic E-state index is 0.194. The molecule has 9 heteroatoms. The number of amides is 1. The maximum atomic E-state index is 12.8. The van der Waals surface area contributed by atoms with Gasteiger partial charge in [0, 0.05) is 32.3 Å². The van der Waals surface area contributed by atoms with E-state index in [1.807, 2.05) is 36.4 Å². The fourth-order valence-electron chi connectivity index (χ4n) is 3.78. The number of hydrogen-bond acceptors (Lipinski definition) is 7. The van der Waals surface area contributed by atoms with E-state index in [1.165, 1.54) is 11.0 Å². The number of benzene rings is 2. The summed E-state index contributed by atoms with van der Waals surface area (Å²) in [7, 11) is 2.14. The van der Waals surface area contributed by atoms with Crippen molar-refractivity contribution in [3.05, 3.63) is 66.0 Å². The van der Waals surface area contributed by atoms with Crippen molar-refractivity contribution >= 4 is 5.91 Å². The van der Waals surface area contributed by atoms with Gasteiger partial charge in [-0.25, -0.2) is 0 Å². The van der Waals surface area contributed by atoms with Crippen LogP contribution in [0.15, 0.2) is 54.9 Å². The van der Waals surface area contributed by atoms with Crippen LogP contribution in [0, 0.1) is 0 Å². The zero-order chi connectivity index (χ0) is 22.2. The number of para-hydroxylation sites is 1. The molecule has 1 fully saturated rings.